The molecule has 1 aromatic rings. The Balaban J connectivity index is 1.34. The lowest BCUT2D eigenvalue weighted by Gasteiger charge is -2.39. The van der Waals surface area contributed by atoms with E-state index in [1.54, 1.807) is 0 Å². The molecule has 0 aliphatic carbocycles. The van der Waals surface area contributed by atoms with Gasteiger partial charge in [0, 0.05) is 44.6 Å². The van der Waals surface area contributed by atoms with E-state index in [2.05, 4.69) is 17.4 Å². The SMILES string of the molecule is O=C1CC2(CCN(C(=O)[C@H]3C[C@H](O)CN3)CC2)CN1Cc1ccccc1. The van der Waals surface area contributed by atoms with E-state index in [0.29, 0.717) is 39.0 Å². The first-order valence-corrected chi connectivity index (χ1v) is 9.57. The van der Waals surface area contributed by atoms with E-state index < -0.39 is 6.10 Å². The highest BCUT2D eigenvalue weighted by molar-refractivity contribution is 5.83. The lowest BCUT2D eigenvalue weighted by atomic mass is 9.77. The smallest absolute Gasteiger partial charge is 0.239 e. The van der Waals surface area contributed by atoms with Crippen LogP contribution >= 0.6 is 0 Å². The minimum atomic E-state index is -0.418. The fraction of sp³-hybridized carbons (Fsp3) is 0.600. The van der Waals surface area contributed by atoms with Crippen LogP contribution in [0.4, 0.5) is 0 Å². The quantitative estimate of drug-likeness (QED) is 0.837. The summed E-state index contributed by atoms with van der Waals surface area (Å²) in [4.78, 5) is 29.0. The summed E-state index contributed by atoms with van der Waals surface area (Å²) in [7, 11) is 0. The van der Waals surface area contributed by atoms with Crippen molar-refractivity contribution in [3.63, 3.8) is 0 Å². The Morgan fingerprint density at radius 1 is 1.23 bits per heavy atom. The first-order chi connectivity index (χ1) is 12.5. The Kier molecular flexibility index (Phi) is 4.71. The molecule has 4 rings (SSSR count). The number of β-amino-alcohol motifs (C(OH)–C–C–N with tert-alkyl or cyclic N) is 1. The van der Waals surface area contributed by atoms with Crippen molar-refractivity contribution in [2.24, 2.45) is 5.41 Å². The number of aliphatic hydroxyl groups is 1. The highest BCUT2D eigenvalue weighted by atomic mass is 16.3. The lowest BCUT2D eigenvalue weighted by molar-refractivity contribution is -0.135. The van der Waals surface area contributed by atoms with E-state index >= 15 is 0 Å². The molecule has 26 heavy (non-hydrogen) atoms. The molecule has 0 bridgehead atoms. The van der Waals surface area contributed by atoms with Crippen LogP contribution in [0.1, 0.15) is 31.2 Å². The van der Waals surface area contributed by atoms with Gasteiger partial charge in [0.1, 0.15) is 0 Å². The van der Waals surface area contributed by atoms with Crippen molar-refractivity contribution in [1.29, 1.82) is 0 Å². The number of likely N-dealkylation sites (tertiary alicyclic amines) is 2. The first kappa shape index (κ1) is 17.5. The topological polar surface area (TPSA) is 72.9 Å². The second kappa shape index (κ2) is 7.00. The summed E-state index contributed by atoms with van der Waals surface area (Å²) in [5.74, 6) is 0.330. The molecular formula is C20H27N3O3. The third-order valence-corrected chi connectivity index (χ3v) is 6.16. The molecule has 3 heterocycles. The second-order valence-electron chi connectivity index (χ2n) is 8.09. The van der Waals surface area contributed by atoms with Gasteiger partial charge in [-0.25, -0.2) is 0 Å². The maximum atomic E-state index is 12.6. The van der Waals surface area contributed by atoms with Gasteiger partial charge in [0.2, 0.25) is 11.8 Å². The van der Waals surface area contributed by atoms with Gasteiger partial charge in [0.25, 0.3) is 0 Å². The van der Waals surface area contributed by atoms with Crippen LogP contribution in [0.2, 0.25) is 0 Å². The summed E-state index contributed by atoms with van der Waals surface area (Å²) in [6.07, 6.45) is 2.45. The Morgan fingerprint density at radius 2 is 1.96 bits per heavy atom. The number of benzene rings is 1. The van der Waals surface area contributed by atoms with Crippen LogP contribution in [-0.4, -0.2) is 65.0 Å². The maximum Gasteiger partial charge on any atom is 0.239 e. The molecule has 1 spiro atoms. The highest BCUT2D eigenvalue weighted by Crippen LogP contribution is 2.41. The van der Waals surface area contributed by atoms with Crippen molar-refractivity contribution in [3.8, 4) is 0 Å². The monoisotopic (exact) mass is 357 g/mol. The van der Waals surface area contributed by atoms with Crippen molar-refractivity contribution in [2.75, 3.05) is 26.2 Å². The molecule has 2 atom stereocenters. The number of nitrogens with zero attached hydrogens (tertiary/aromatic N) is 2. The van der Waals surface area contributed by atoms with Crippen molar-refractivity contribution < 1.29 is 14.7 Å². The third kappa shape index (κ3) is 3.48. The van der Waals surface area contributed by atoms with E-state index in [0.717, 1.165) is 24.9 Å². The van der Waals surface area contributed by atoms with Crippen molar-refractivity contribution >= 4 is 11.8 Å². The van der Waals surface area contributed by atoms with Gasteiger partial charge < -0.3 is 20.2 Å². The molecule has 3 aliphatic heterocycles. The summed E-state index contributed by atoms with van der Waals surface area (Å²) in [6, 6.07) is 9.86. The highest BCUT2D eigenvalue weighted by Gasteiger charge is 2.46. The second-order valence-corrected chi connectivity index (χ2v) is 8.09. The number of rotatable bonds is 3. The molecule has 0 saturated carbocycles. The summed E-state index contributed by atoms with van der Waals surface area (Å²) >= 11 is 0. The van der Waals surface area contributed by atoms with Crippen molar-refractivity contribution in [1.82, 2.24) is 15.1 Å². The molecule has 6 nitrogen and oxygen atoms in total. The number of carbonyl (C=O) groups is 2. The maximum absolute atomic E-state index is 12.6. The summed E-state index contributed by atoms with van der Waals surface area (Å²) in [5.41, 5.74) is 1.18. The molecule has 3 saturated heterocycles. The summed E-state index contributed by atoms with van der Waals surface area (Å²) < 4.78 is 0. The van der Waals surface area contributed by atoms with E-state index in [4.69, 9.17) is 0 Å². The van der Waals surface area contributed by atoms with Crippen molar-refractivity contribution in [3.05, 3.63) is 35.9 Å². The van der Waals surface area contributed by atoms with E-state index in [1.165, 1.54) is 0 Å². The average molecular weight is 357 g/mol. The number of amides is 2. The summed E-state index contributed by atoms with van der Waals surface area (Å²) in [5, 5.41) is 12.7. The van der Waals surface area contributed by atoms with Gasteiger partial charge in [-0.15, -0.1) is 0 Å². The van der Waals surface area contributed by atoms with Gasteiger partial charge in [-0.05, 0) is 24.8 Å². The molecule has 140 valence electrons. The number of nitrogens with one attached hydrogen (secondary N) is 1. The first-order valence-electron chi connectivity index (χ1n) is 9.57. The third-order valence-electron chi connectivity index (χ3n) is 6.16. The minimum absolute atomic E-state index is 0.0191. The fourth-order valence-electron chi connectivity index (χ4n) is 4.59. The number of piperidine rings is 1. The van der Waals surface area contributed by atoms with Gasteiger partial charge in [0.15, 0.2) is 0 Å². The van der Waals surface area contributed by atoms with Crippen LogP contribution in [0.3, 0.4) is 0 Å². The predicted molar refractivity (Wildman–Crippen MR) is 97.1 cm³/mol. The zero-order valence-corrected chi connectivity index (χ0v) is 15.1. The predicted octanol–water partition coefficient (Wildman–Crippen LogP) is 0.751. The van der Waals surface area contributed by atoms with Gasteiger partial charge in [-0.3, -0.25) is 9.59 Å². The number of hydrogen-bond acceptors (Lipinski definition) is 4. The van der Waals surface area contributed by atoms with Crippen molar-refractivity contribution in [2.45, 2.75) is 44.4 Å². The van der Waals surface area contributed by atoms with Crippen LogP contribution in [0.5, 0.6) is 0 Å². The Bertz CT molecular complexity index is 670. The Labute approximate surface area is 154 Å². The molecular weight excluding hydrogens is 330 g/mol. The van der Waals surface area contributed by atoms with E-state index in [-0.39, 0.29) is 23.3 Å². The van der Waals surface area contributed by atoms with Crippen LogP contribution in [0, 0.1) is 5.41 Å². The summed E-state index contributed by atoms with van der Waals surface area (Å²) in [6.45, 7) is 3.38. The van der Waals surface area contributed by atoms with Gasteiger partial charge in [-0.2, -0.15) is 0 Å². The standard InChI is InChI=1S/C20H27N3O3/c24-16-10-17(21-12-16)19(26)22-8-6-20(7-9-22)11-18(25)23(14-20)13-15-4-2-1-3-5-15/h1-5,16-17,21,24H,6-14H2/t16-,17+/m0/s1. The molecule has 2 N–H and O–H groups in total. The van der Waals surface area contributed by atoms with Crippen LogP contribution in [0.15, 0.2) is 30.3 Å². The van der Waals surface area contributed by atoms with Gasteiger partial charge in [0.05, 0.1) is 12.1 Å². The molecule has 2 amide bonds. The van der Waals surface area contributed by atoms with Crippen LogP contribution in [-0.2, 0) is 16.1 Å². The molecule has 0 unspecified atom stereocenters. The zero-order chi connectivity index (χ0) is 18.1. The largest absolute Gasteiger partial charge is 0.392 e. The van der Waals surface area contributed by atoms with Crippen LogP contribution in [0.25, 0.3) is 0 Å². The normalized spacial score (nSPS) is 28.1. The Hall–Kier alpha value is -1.92. The van der Waals surface area contributed by atoms with E-state index in [9.17, 15) is 14.7 Å². The minimum Gasteiger partial charge on any atom is -0.392 e. The van der Waals surface area contributed by atoms with E-state index in [1.807, 2.05) is 28.0 Å². The number of hydrogen-bond donors (Lipinski definition) is 2. The van der Waals surface area contributed by atoms with Gasteiger partial charge in [-0.1, -0.05) is 30.3 Å². The van der Waals surface area contributed by atoms with Gasteiger partial charge >= 0.3 is 0 Å². The molecule has 0 radical (unpaired) electrons. The molecule has 3 fully saturated rings. The molecule has 6 heteroatoms. The molecule has 3 aliphatic rings. The molecule has 0 aromatic heterocycles. The number of aliphatic hydroxyl groups excluding tert-OH is 1. The zero-order valence-electron chi connectivity index (χ0n) is 15.1. The molecule has 1 aromatic carbocycles. The lowest BCUT2D eigenvalue weighted by Crippen LogP contribution is -2.49. The average Bonchev–Trinajstić information content (AvgIpc) is 3.20. The fourth-order valence-corrected chi connectivity index (χ4v) is 4.59. The number of carbonyl (C=O) groups excluding carboxylic acids is 2. The Morgan fingerprint density at radius 3 is 2.62 bits per heavy atom. The van der Waals surface area contributed by atoms with Crippen LogP contribution < -0.4 is 5.32 Å².